The van der Waals surface area contributed by atoms with Gasteiger partial charge in [0.25, 0.3) is 5.91 Å². The predicted molar refractivity (Wildman–Crippen MR) is 67.5 cm³/mol. The Kier molecular flexibility index (Phi) is 3.32. The third-order valence-electron chi connectivity index (χ3n) is 2.51. The van der Waals surface area contributed by atoms with Crippen LogP contribution < -0.4 is 10.1 Å². The number of aromatic nitrogens is 1. The molecule has 4 nitrogen and oxygen atoms in total. The van der Waals surface area contributed by atoms with Gasteiger partial charge in [-0.3, -0.25) is 4.79 Å². The first-order valence-electron chi connectivity index (χ1n) is 5.79. The molecule has 17 heavy (non-hydrogen) atoms. The van der Waals surface area contributed by atoms with E-state index in [4.69, 9.17) is 4.74 Å². The van der Waals surface area contributed by atoms with Crippen molar-refractivity contribution in [1.82, 2.24) is 10.3 Å². The number of hydrogen-bond acceptors (Lipinski definition) is 2. The van der Waals surface area contributed by atoms with Crippen LogP contribution >= 0.6 is 0 Å². The molecule has 0 radical (unpaired) electrons. The number of nitrogens with one attached hydrogen (secondary N) is 2. The van der Waals surface area contributed by atoms with E-state index in [0.717, 1.165) is 16.7 Å². The second-order valence-electron chi connectivity index (χ2n) is 3.69. The van der Waals surface area contributed by atoms with Crippen LogP contribution in [0.15, 0.2) is 24.3 Å². The molecule has 0 aliphatic rings. The van der Waals surface area contributed by atoms with Crippen molar-refractivity contribution in [2.24, 2.45) is 0 Å². The quantitative estimate of drug-likeness (QED) is 0.850. The molecule has 0 unspecified atom stereocenters. The topological polar surface area (TPSA) is 54.1 Å². The van der Waals surface area contributed by atoms with Crippen LogP contribution in [0.4, 0.5) is 0 Å². The third-order valence-corrected chi connectivity index (χ3v) is 2.51. The predicted octanol–water partition coefficient (Wildman–Crippen LogP) is 2.32. The third kappa shape index (κ3) is 2.25. The molecule has 0 bridgehead atoms. The average molecular weight is 232 g/mol. The van der Waals surface area contributed by atoms with Crippen molar-refractivity contribution in [3.8, 4) is 5.75 Å². The number of carbonyl (C=O) groups is 1. The minimum atomic E-state index is -0.0915. The molecule has 1 aromatic carbocycles. The van der Waals surface area contributed by atoms with E-state index in [9.17, 15) is 4.79 Å². The second-order valence-corrected chi connectivity index (χ2v) is 3.69. The Morgan fingerprint density at radius 1 is 1.41 bits per heavy atom. The van der Waals surface area contributed by atoms with Gasteiger partial charge >= 0.3 is 0 Å². The maximum absolute atomic E-state index is 11.7. The summed E-state index contributed by atoms with van der Waals surface area (Å²) in [5.41, 5.74) is 1.48. The van der Waals surface area contributed by atoms with Gasteiger partial charge in [-0.2, -0.15) is 0 Å². The molecule has 90 valence electrons. The molecule has 0 aliphatic heterocycles. The van der Waals surface area contributed by atoms with E-state index in [1.807, 2.05) is 38.1 Å². The summed E-state index contributed by atoms with van der Waals surface area (Å²) < 4.78 is 5.52. The van der Waals surface area contributed by atoms with E-state index < -0.39 is 0 Å². The van der Waals surface area contributed by atoms with Crippen molar-refractivity contribution in [3.05, 3.63) is 30.0 Å². The first-order chi connectivity index (χ1) is 8.26. The minimum absolute atomic E-state index is 0.0915. The number of benzene rings is 1. The molecule has 1 aromatic heterocycles. The van der Waals surface area contributed by atoms with Gasteiger partial charge in [0.2, 0.25) is 0 Å². The Morgan fingerprint density at radius 2 is 2.24 bits per heavy atom. The van der Waals surface area contributed by atoms with Crippen molar-refractivity contribution in [1.29, 1.82) is 0 Å². The molecule has 2 aromatic rings. The van der Waals surface area contributed by atoms with Crippen molar-refractivity contribution in [2.45, 2.75) is 13.8 Å². The lowest BCUT2D eigenvalue weighted by atomic mass is 10.2. The second kappa shape index (κ2) is 4.91. The lowest BCUT2D eigenvalue weighted by Crippen LogP contribution is -2.22. The van der Waals surface area contributed by atoms with Gasteiger partial charge in [-0.15, -0.1) is 0 Å². The van der Waals surface area contributed by atoms with Crippen LogP contribution in [0.2, 0.25) is 0 Å². The fourth-order valence-electron chi connectivity index (χ4n) is 1.79. The van der Waals surface area contributed by atoms with Crippen LogP contribution in [-0.4, -0.2) is 24.0 Å². The Bertz CT molecular complexity index is 531. The highest BCUT2D eigenvalue weighted by atomic mass is 16.5. The normalized spacial score (nSPS) is 10.5. The number of rotatable bonds is 4. The van der Waals surface area contributed by atoms with Crippen LogP contribution in [0.3, 0.4) is 0 Å². The number of hydrogen-bond donors (Lipinski definition) is 2. The van der Waals surface area contributed by atoms with E-state index >= 15 is 0 Å². The molecule has 0 atom stereocenters. The molecule has 4 heteroatoms. The van der Waals surface area contributed by atoms with E-state index in [1.165, 1.54) is 0 Å². The highest BCUT2D eigenvalue weighted by molar-refractivity contribution is 5.99. The van der Waals surface area contributed by atoms with Gasteiger partial charge in [0.05, 0.1) is 6.61 Å². The summed E-state index contributed by atoms with van der Waals surface area (Å²) in [4.78, 5) is 14.8. The van der Waals surface area contributed by atoms with Crippen LogP contribution in [0.25, 0.3) is 10.9 Å². The molecule has 0 saturated carbocycles. The van der Waals surface area contributed by atoms with Crippen LogP contribution in [-0.2, 0) is 0 Å². The smallest absolute Gasteiger partial charge is 0.267 e. The summed E-state index contributed by atoms with van der Waals surface area (Å²) in [6, 6.07) is 7.57. The minimum Gasteiger partial charge on any atom is -0.493 e. The van der Waals surface area contributed by atoms with Gasteiger partial charge in [-0.05, 0) is 32.0 Å². The molecule has 2 rings (SSSR count). The summed E-state index contributed by atoms with van der Waals surface area (Å²) in [6.07, 6.45) is 0. The van der Waals surface area contributed by atoms with Crippen molar-refractivity contribution < 1.29 is 9.53 Å². The summed E-state index contributed by atoms with van der Waals surface area (Å²) in [5, 5.41) is 3.70. The van der Waals surface area contributed by atoms with E-state index in [-0.39, 0.29) is 5.91 Å². The summed E-state index contributed by atoms with van der Waals surface area (Å²) in [5.74, 6) is 0.711. The van der Waals surface area contributed by atoms with Crippen LogP contribution in [0, 0.1) is 0 Å². The maximum Gasteiger partial charge on any atom is 0.267 e. The lowest BCUT2D eigenvalue weighted by Gasteiger charge is -2.02. The first kappa shape index (κ1) is 11.5. The van der Waals surface area contributed by atoms with Crippen molar-refractivity contribution in [2.75, 3.05) is 13.2 Å². The van der Waals surface area contributed by atoms with E-state index in [0.29, 0.717) is 18.8 Å². The Morgan fingerprint density at radius 3 is 2.94 bits per heavy atom. The van der Waals surface area contributed by atoms with Crippen LogP contribution in [0.1, 0.15) is 24.3 Å². The molecule has 0 aliphatic carbocycles. The van der Waals surface area contributed by atoms with E-state index in [2.05, 4.69) is 10.3 Å². The number of ether oxygens (including phenoxy) is 1. The molecule has 2 N–H and O–H groups in total. The maximum atomic E-state index is 11.7. The standard InChI is InChI=1S/C13H16N2O2/c1-3-14-13(16)11-8-9-10(15-11)6-5-7-12(9)17-4-2/h5-8,15H,3-4H2,1-2H3,(H,14,16). The molecule has 0 fully saturated rings. The monoisotopic (exact) mass is 232 g/mol. The van der Waals surface area contributed by atoms with Crippen LogP contribution in [0.5, 0.6) is 5.75 Å². The van der Waals surface area contributed by atoms with Crippen molar-refractivity contribution >= 4 is 16.8 Å². The lowest BCUT2D eigenvalue weighted by molar-refractivity contribution is 0.0951. The number of amides is 1. The Hall–Kier alpha value is -1.97. The molecule has 0 saturated heterocycles. The van der Waals surface area contributed by atoms with Gasteiger partial charge in [0.15, 0.2) is 0 Å². The van der Waals surface area contributed by atoms with Gasteiger partial charge in [0, 0.05) is 17.4 Å². The number of carbonyl (C=O) groups excluding carboxylic acids is 1. The molecule has 0 spiro atoms. The highest BCUT2D eigenvalue weighted by Crippen LogP contribution is 2.26. The number of H-pyrrole nitrogens is 1. The molecule has 1 heterocycles. The SMILES string of the molecule is CCNC(=O)c1cc2c(OCC)cccc2[nH]1. The summed E-state index contributed by atoms with van der Waals surface area (Å²) in [6.45, 7) is 5.07. The van der Waals surface area contributed by atoms with E-state index in [1.54, 1.807) is 0 Å². The number of aromatic amines is 1. The zero-order valence-corrected chi connectivity index (χ0v) is 10.0. The Balaban J connectivity index is 2.42. The van der Waals surface area contributed by atoms with Crippen molar-refractivity contribution in [3.63, 3.8) is 0 Å². The summed E-state index contributed by atoms with van der Waals surface area (Å²) >= 11 is 0. The Labute approximate surface area is 100.0 Å². The molecular weight excluding hydrogens is 216 g/mol. The fourth-order valence-corrected chi connectivity index (χ4v) is 1.79. The van der Waals surface area contributed by atoms with Gasteiger partial charge in [-0.25, -0.2) is 0 Å². The molecule has 1 amide bonds. The zero-order valence-electron chi connectivity index (χ0n) is 10.0. The number of fused-ring (bicyclic) bond motifs is 1. The fraction of sp³-hybridized carbons (Fsp3) is 0.308. The first-order valence-corrected chi connectivity index (χ1v) is 5.79. The largest absolute Gasteiger partial charge is 0.493 e. The zero-order chi connectivity index (χ0) is 12.3. The van der Waals surface area contributed by atoms with Gasteiger partial charge in [0.1, 0.15) is 11.4 Å². The summed E-state index contributed by atoms with van der Waals surface area (Å²) in [7, 11) is 0. The van der Waals surface area contributed by atoms with Gasteiger partial charge in [-0.1, -0.05) is 6.07 Å². The average Bonchev–Trinajstić information content (AvgIpc) is 2.75. The van der Waals surface area contributed by atoms with Gasteiger partial charge < -0.3 is 15.0 Å². The highest BCUT2D eigenvalue weighted by Gasteiger charge is 2.10. The molecular formula is C13H16N2O2.